The lowest BCUT2D eigenvalue weighted by molar-refractivity contribution is -0.122. The lowest BCUT2D eigenvalue weighted by atomic mass is 10.3. The van der Waals surface area contributed by atoms with E-state index in [-0.39, 0.29) is 6.61 Å². The molecular formula is C16H12Cl3N3O3S. The highest BCUT2D eigenvalue weighted by Gasteiger charge is 2.13. The maximum Gasteiger partial charge on any atom is 0.276 e. The van der Waals surface area contributed by atoms with Gasteiger partial charge >= 0.3 is 0 Å². The smallest absolute Gasteiger partial charge is 0.276 e. The number of carbonyl (C=O) groups excluding carboxylic acids is 1. The molecule has 6 nitrogen and oxygen atoms in total. The number of aromatic nitrogens is 1. The molecule has 0 saturated heterocycles. The van der Waals surface area contributed by atoms with E-state index >= 15 is 0 Å². The van der Waals surface area contributed by atoms with Crippen molar-refractivity contribution < 1.29 is 14.3 Å². The Balaban J connectivity index is 1.61. The molecule has 0 saturated carbocycles. The Morgan fingerprint density at radius 2 is 1.92 bits per heavy atom. The second-order valence-electron chi connectivity index (χ2n) is 4.98. The van der Waals surface area contributed by atoms with Gasteiger partial charge in [0.25, 0.3) is 5.91 Å². The SMILES string of the molecule is COc1ccc(Cl)c2sc(NNC(=O)COc3ccc(Cl)cc3Cl)nc12. The molecule has 0 atom stereocenters. The fraction of sp³-hybridized carbons (Fsp3) is 0.125. The van der Waals surface area contributed by atoms with Gasteiger partial charge in [-0.1, -0.05) is 46.1 Å². The average Bonchev–Trinajstić information content (AvgIpc) is 3.05. The monoisotopic (exact) mass is 431 g/mol. The van der Waals surface area contributed by atoms with Gasteiger partial charge < -0.3 is 9.47 Å². The summed E-state index contributed by atoms with van der Waals surface area (Å²) in [7, 11) is 1.55. The van der Waals surface area contributed by atoms with E-state index in [1.807, 2.05) is 0 Å². The number of carbonyl (C=O) groups is 1. The average molecular weight is 433 g/mol. The standard InChI is InChI=1S/C16H12Cl3N3O3S/c1-24-12-5-3-9(18)15-14(12)20-16(26-15)22-21-13(23)7-25-11-4-2-8(17)6-10(11)19/h2-6H,7H2,1H3,(H,20,22)(H,21,23). The highest BCUT2D eigenvalue weighted by atomic mass is 35.5. The number of hydrogen-bond acceptors (Lipinski definition) is 6. The zero-order valence-electron chi connectivity index (χ0n) is 13.3. The van der Waals surface area contributed by atoms with Gasteiger partial charge in [-0.2, -0.15) is 0 Å². The number of hydrazine groups is 1. The Bertz CT molecular complexity index is 965. The first-order valence-corrected chi connectivity index (χ1v) is 9.18. The van der Waals surface area contributed by atoms with Crippen molar-refractivity contribution in [3.8, 4) is 11.5 Å². The molecular weight excluding hydrogens is 421 g/mol. The molecule has 1 heterocycles. The van der Waals surface area contributed by atoms with Crippen molar-refractivity contribution in [1.82, 2.24) is 10.4 Å². The minimum Gasteiger partial charge on any atom is -0.494 e. The molecule has 0 aliphatic heterocycles. The molecule has 0 unspecified atom stereocenters. The summed E-state index contributed by atoms with van der Waals surface area (Å²) in [5.74, 6) is 0.553. The molecule has 136 valence electrons. The molecule has 3 rings (SSSR count). The van der Waals surface area contributed by atoms with Gasteiger partial charge in [-0.3, -0.25) is 15.6 Å². The lowest BCUT2D eigenvalue weighted by Crippen LogP contribution is -2.33. The van der Waals surface area contributed by atoms with Crippen LogP contribution in [0.2, 0.25) is 15.1 Å². The number of amides is 1. The first-order chi connectivity index (χ1) is 12.5. The van der Waals surface area contributed by atoms with Crippen LogP contribution in [0.25, 0.3) is 10.2 Å². The van der Waals surface area contributed by atoms with E-state index in [1.165, 1.54) is 17.4 Å². The Hall–Kier alpha value is -1.93. The quantitative estimate of drug-likeness (QED) is 0.548. The summed E-state index contributed by atoms with van der Waals surface area (Å²) in [4.78, 5) is 16.3. The Kier molecular flexibility index (Phi) is 5.93. The van der Waals surface area contributed by atoms with Crippen LogP contribution in [0.15, 0.2) is 30.3 Å². The number of benzene rings is 2. The second-order valence-corrected chi connectivity index (χ2v) is 7.23. The van der Waals surface area contributed by atoms with Crippen molar-refractivity contribution in [2.45, 2.75) is 0 Å². The van der Waals surface area contributed by atoms with Crippen LogP contribution < -0.4 is 20.3 Å². The predicted octanol–water partition coefficient (Wildman–Crippen LogP) is 4.79. The zero-order valence-corrected chi connectivity index (χ0v) is 16.4. The molecule has 0 aliphatic rings. The molecule has 3 aromatic rings. The molecule has 1 amide bonds. The molecule has 2 N–H and O–H groups in total. The summed E-state index contributed by atoms with van der Waals surface area (Å²) in [6, 6.07) is 8.21. The maximum absolute atomic E-state index is 11.9. The Labute approximate surface area is 167 Å². The van der Waals surface area contributed by atoms with Crippen molar-refractivity contribution in [3.05, 3.63) is 45.4 Å². The summed E-state index contributed by atoms with van der Waals surface area (Å²) in [6.07, 6.45) is 0. The van der Waals surface area contributed by atoms with Crippen LogP contribution in [0.3, 0.4) is 0 Å². The third-order valence-electron chi connectivity index (χ3n) is 3.24. The third kappa shape index (κ3) is 4.24. The van der Waals surface area contributed by atoms with E-state index in [4.69, 9.17) is 44.3 Å². The van der Waals surface area contributed by atoms with Crippen LogP contribution >= 0.6 is 46.1 Å². The van der Waals surface area contributed by atoms with Crippen molar-refractivity contribution in [1.29, 1.82) is 0 Å². The largest absolute Gasteiger partial charge is 0.494 e. The van der Waals surface area contributed by atoms with E-state index in [0.717, 1.165) is 4.70 Å². The second kappa shape index (κ2) is 8.18. The van der Waals surface area contributed by atoms with Gasteiger partial charge in [0, 0.05) is 5.02 Å². The summed E-state index contributed by atoms with van der Waals surface area (Å²) >= 11 is 19.2. The van der Waals surface area contributed by atoms with E-state index in [1.54, 1.807) is 31.4 Å². The number of thiazole rings is 1. The Morgan fingerprint density at radius 3 is 2.65 bits per heavy atom. The van der Waals surface area contributed by atoms with Gasteiger partial charge in [-0.25, -0.2) is 4.98 Å². The molecule has 0 radical (unpaired) electrons. The number of nitrogens with one attached hydrogen (secondary N) is 2. The van der Waals surface area contributed by atoms with Gasteiger partial charge in [-0.05, 0) is 30.3 Å². The fourth-order valence-electron chi connectivity index (χ4n) is 2.07. The molecule has 0 fully saturated rings. The van der Waals surface area contributed by atoms with Crippen LogP contribution in [0.5, 0.6) is 11.5 Å². The van der Waals surface area contributed by atoms with Crippen molar-refractivity contribution in [3.63, 3.8) is 0 Å². The van der Waals surface area contributed by atoms with E-state index in [9.17, 15) is 4.79 Å². The molecule has 26 heavy (non-hydrogen) atoms. The number of nitrogens with zero attached hydrogens (tertiary/aromatic N) is 1. The number of hydrogen-bond donors (Lipinski definition) is 2. The zero-order chi connectivity index (χ0) is 18.7. The molecule has 2 aromatic carbocycles. The molecule has 0 bridgehead atoms. The maximum atomic E-state index is 11.9. The van der Waals surface area contributed by atoms with Crippen LogP contribution in [0.4, 0.5) is 5.13 Å². The summed E-state index contributed by atoms with van der Waals surface area (Å²) < 4.78 is 11.4. The number of methoxy groups -OCH3 is 1. The van der Waals surface area contributed by atoms with Gasteiger partial charge in [0.2, 0.25) is 5.13 Å². The van der Waals surface area contributed by atoms with Crippen LogP contribution in [-0.4, -0.2) is 24.6 Å². The van der Waals surface area contributed by atoms with Gasteiger partial charge in [0.1, 0.15) is 17.0 Å². The summed E-state index contributed by atoms with van der Waals surface area (Å²) in [5, 5.41) is 1.83. The number of rotatable bonds is 6. The fourth-order valence-corrected chi connectivity index (χ4v) is 3.64. The van der Waals surface area contributed by atoms with E-state index in [0.29, 0.717) is 37.2 Å². The summed E-state index contributed by atoms with van der Waals surface area (Å²) in [6.45, 7) is -0.233. The van der Waals surface area contributed by atoms with Crippen LogP contribution in [0.1, 0.15) is 0 Å². The third-order valence-corrected chi connectivity index (χ3v) is 5.20. The first kappa shape index (κ1) is 18.8. The number of halogens is 3. The lowest BCUT2D eigenvalue weighted by Gasteiger charge is -2.09. The normalized spacial score (nSPS) is 10.6. The van der Waals surface area contributed by atoms with Crippen molar-refractivity contribution in [2.75, 3.05) is 19.1 Å². The molecule has 0 spiro atoms. The number of fused-ring (bicyclic) bond motifs is 1. The minimum atomic E-state index is -0.409. The number of ether oxygens (including phenoxy) is 2. The minimum absolute atomic E-state index is 0.233. The predicted molar refractivity (Wildman–Crippen MR) is 105 cm³/mol. The van der Waals surface area contributed by atoms with Gasteiger partial charge in [-0.15, -0.1) is 0 Å². The van der Waals surface area contributed by atoms with Crippen molar-refractivity contribution >= 4 is 67.4 Å². The highest BCUT2D eigenvalue weighted by Crippen LogP contribution is 2.37. The topological polar surface area (TPSA) is 72.5 Å². The van der Waals surface area contributed by atoms with Crippen molar-refractivity contribution in [2.24, 2.45) is 0 Å². The molecule has 0 aliphatic carbocycles. The van der Waals surface area contributed by atoms with Crippen LogP contribution in [-0.2, 0) is 4.79 Å². The molecule has 10 heteroatoms. The highest BCUT2D eigenvalue weighted by molar-refractivity contribution is 7.22. The summed E-state index contributed by atoms with van der Waals surface area (Å²) in [5.41, 5.74) is 5.85. The first-order valence-electron chi connectivity index (χ1n) is 7.23. The van der Waals surface area contributed by atoms with E-state index in [2.05, 4.69) is 15.8 Å². The van der Waals surface area contributed by atoms with Gasteiger partial charge in [0.05, 0.1) is 21.9 Å². The number of anilines is 1. The molecule has 1 aromatic heterocycles. The van der Waals surface area contributed by atoms with Gasteiger partial charge in [0.15, 0.2) is 6.61 Å². The van der Waals surface area contributed by atoms with Crippen LogP contribution in [0, 0.1) is 0 Å². The van der Waals surface area contributed by atoms with E-state index < -0.39 is 5.91 Å². The Morgan fingerprint density at radius 1 is 1.15 bits per heavy atom.